The van der Waals surface area contributed by atoms with Gasteiger partial charge < -0.3 is 0 Å². The van der Waals surface area contributed by atoms with Crippen LogP contribution in [0.3, 0.4) is 0 Å². The van der Waals surface area contributed by atoms with Gasteiger partial charge in [0.15, 0.2) is 0 Å². The topological polar surface area (TPSA) is 17.1 Å². The van der Waals surface area contributed by atoms with Crippen molar-refractivity contribution in [1.82, 2.24) is 0 Å². The Balaban J connectivity index is -0.00000000167. The summed E-state index contributed by atoms with van der Waals surface area (Å²) in [5.41, 5.74) is 0. The molecular formula is H4BaFeOSrZn. The van der Waals surface area contributed by atoms with Crippen LogP contribution < -0.4 is 0 Å². The molecule has 0 unspecified atom stereocenters. The summed E-state index contributed by atoms with van der Waals surface area (Å²) in [6.07, 6.45) is 0. The second-order valence-electron chi connectivity index (χ2n) is 0. The molecule has 0 rings (SSSR count). The largest absolute Gasteiger partial charge is 0 e. The van der Waals surface area contributed by atoms with Crippen LogP contribution in [0.1, 0.15) is 0 Å². The Morgan fingerprint density at radius 2 is 1.20 bits per heavy atom. The monoisotopic (exact) mass is 366 g/mol. The first-order valence-electron chi connectivity index (χ1n) is 0.144. The summed E-state index contributed by atoms with van der Waals surface area (Å²) in [6.45, 7) is 0. The molecule has 0 aliphatic heterocycles. The Kier molecular flexibility index (Phi) is 113. The van der Waals surface area contributed by atoms with E-state index in [1.54, 1.807) is 0 Å². The fraction of sp³-hybridized carbons (Fsp3) is 0. The van der Waals surface area contributed by atoms with Crippen molar-refractivity contribution in [1.29, 1.82) is 0 Å². The van der Waals surface area contributed by atoms with Crippen molar-refractivity contribution < 1.29 is 39.3 Å². The van der Waals surface area contributed by atoms with E-state index in [4.69, 9.17) is 3.83 Å². The maximum atomic E-state index is 8.00. The average molecular weight is 366 g/mol. The van der Waals surface area contributed by atoms with Gasteiger partial charge in [-0.3, -0.25) is 0 Å². The zero-order valence-electron chi connectivity index (χ0n) is 1.47. The predicted molar refractivity (Wildman–Crippen MR) is 17.8 cm³/mol. The molecule has 0 aromatic carbocycles. The van der Waals surface area contributed by atoms with Crippen LogP contribution in [0.5, 0.6) is 0 Å². The van der Waals surface area contributed by atoms with Crippen LogP contribution in [0.25, 0.3) is 0 Å². The van der Waals surface area contributed by atoms with Crippen molar-refractivity contribution in [2.75, 3.05) is 0 Å². The van der Waals surface area contributed by atoms with E-state index in [-0.39, 0.29) is 114 Å². The van der Waals surface area contributed by atoms with Crippen molar-refractivity contribution in [3.05, 3.63) is 0 Å². The van der Waals surface area contributed by atoms with E-state index in [2.05, 4.69) is 0 Å². The summed E-state index contributed by atoms with van der Waals surface area (Å²) >= 11 is 2.00. The number of rotatable bonds is 0. The van der Waals surface area contributed by atoms with Crippen molar-refractivity contribution in [2.45, 2.75) is 0 Å². The van der Waals surface area contributed by atoms with E-state index in [0.29, 0.717) is 0 Å². The first kappa shape index (κ1) is 23.0. The molecule has 0 radical (unpaired) electrons. The molecule has 0 amide bonds. The van der Waals surface area contributed by atoms with Crippen molar-refractivity contribution in [3.63, 3.8) is 0 Å². The predicted octanol–water partition coefficient (Wildman–Crippen LogP) is -1.96. The molecule has 0 fully saturated rings. The van der Waals surface area contributed by atoms with Gasteiger partial charge in [0.05, 0.1) is 0 Å². The summed E-state index contributed by atoms with van der Waals surface area (Å²) in [4.78, 5) is 0. The van der Waals surface area contributed by atoms with Gasteiger partial charge in [0.25, 0.3) is 0 Å². The summed E-state index contributed by atoms with van der Waals surface area (Å²) < 4.78 is 8.00. The molecule has 5 heavy (non-hydrogen) atoms. The molecule has 0 saturated carbocycles. The summed E-state index contributed by atoms with van der Waals surface area (Å²) in [6, 6.07) is 0. The minimum atomic E-state index is 0. The van der Waals surface area contributed by atoms with Gasteiger partial charge in [-0.25, -0.2) is 0 Å². The van der Waals surface area contributed by atoms with E-state index in [1.807, 2.05) is 15.9 Å². The molecule has 1 nitrogen and oxygen atoms in total. The molecule has 0 heterocycles. The first-order valence-corrected chi connectivity index (χ1v) is 0.595. The SMILES string of the molecule is [BaH2].[O]=[Fe].[SrH2].[Zn]. The molecule has 0 aromatic rings. The summed E-state index contributed by atoms with van der Waals surface area (Å²) in [5.74, 6) is 0. The second kappa shape index (κ2) is 24.5. The van der Waals surface area contributed by atoms with Gasteiger partial charge in [0, 0.05) is 19.5 Å². The van der Waals surface area contributed by atoms with Gasteiger partial charge in [0.1, 0.15) is 0 Å². The Bertz CT molecular complexity index is 11.6. The van der Waals surface area contributed by atoms with Gasteiger partial charge in [0.2, 0.25) is 0 Å². The van der Waals surface area contributed by atoms with Gasteiger partial charge >= 0.3 is 114 Å². The zero-order valence-corrected chi connectivity index (χ0v) is 5.54. The van der Waals surface area contributed by atoms with E-state index in [1.165, 1.54) is 0 Å². The number of hydrogen-bond donors (Lipinski definition) is 0. The second-order valence-corrected chi connectivity index (χ2v) is 0. The van der Waals surface area contributed by atoms with Gasteiger partial charge in [-0.15, -0.1) is 0 Å². The molecule has 0 aromatic heterocycles. The van der Waals surface area contributed by atoms with Crippen LogP contribution in [-0.4, -0.2) is 94.4 Å². The molecule has 0 spiro atoms. The maximum Gasteiger partial charge on any atom is 0 e. The Labute approximate surface area is 130 Å². The summed E-state index contributed by atoms with van der Waals surface area (Å²) in [7, 11) is 0. The Hall–Kier alpha value is 3.99. The zero-order chi connectivity index (χ0) is 2.00. The molecule has 0 bridgehead atoms. The van der Waals surface area contributed by atoms with Gasteiger partial charge in [-0.05, 0) is 0 Å². The van der Waals surface area contributed by atoms with Crippen molar-refractivity contribution >= 4 is 94.4 Å². The molecule has 0 aliphatic rings. The van der Waals surface area contributed by atoms with Gasteiger partial charge in [-0.1, -0.05) is 0 Å². The number of hydrogen-bond acceptors (Lipinski definition) is 1. The van der Waals surface area contributed by atoms with Crippen LogP contribution in [0.4, 0.5) is 0 Å². The summed E-state index contributed by atoms with van der Waals surface area (Å²) in [5, 5.41) is 0. The minimum Gasteiger partial charge on any atom is 0 e. The molecule has 0 aliphatic carbocycles. The molecule has 0 atom stereocenters. The molecule has 24 valence electrons. The maximum absolute atomic E-state index is 8.00. The third-order valence-corrected chi connectivity index (χ3v) is 0. The standard InChI is InChI=1S/Ba.Fe.O.Sr.Zn.4H. The average Bonchev–Trinajstić information content (AvgIpc) is 1.00. The van der Waals surface area contributed by atoms with Gasteiger partial charge in [-0.2, -0.15) is 0 Å². The fourth-order valence-electron chi connectivity index (χ4n) is 0. The molecule has 0 saturated heterocycles. The third kappa shape index (κ3) is 18.0. The molecule has 0 N–H and O–H groups in total. The smallest absolute Gasteiger partial charge is 0 e. The van der Waals surface area contributed by atoms with Crippen LogP contribution in [0.15, 0.2) is 0 Å². The van der Waals surface area contributed by atoms with E-state index < -0.39 is 0 Å². The van der Waals surface area contributed by atoms with E-state index in [9.17, 15) is 0 Å². The normalized spacial score (nSPS) is 1.00. The quantitative estimate of drug-likeness (QED) is 0.456. The van der Waals surface area contributed by atoms with E-state index in [0.717, 1.165) is 0 Å². The molecule has 5 heteroatoms. The van der Waals surface area contributed by atoms with E-state index >= 15 is 0 Å². The Morgan fingerprint density at radius 1 is 1.20 bits per heavy atom. The first-order chi connectivity index (χ1) is 1.00. The Morgan fingerprint density at radius 3 is 1.20 bits per heavy atom. The van der Waals surface area contributed by atoms with Crippen molar-refractivity contribution in [2.24, 2.45) is 0 Å². The minimum absolute atomic E-state index is 0. The van der Waals surface area contributed by atoms with Crippen LogP contribution in [0.2, 0.25) is 0 Å². The van der Waals surface area contributed by atoms with Crippen LogP contribution >= 0.6 is 0 Å². The molecular weight excluding hydrogens is 362 g/mol. The van der Waals surface area contributed by atoms with Crippen molar-refractivity contribution in [3.8, 4) is 0 Å². The third-order valence-electron chi connectivity index (χ3n) is 0. The van der Waals surface area contributed by atoms with Crippen LogP contribution in [0, 0.1) is 0 Å². The fourth-order valence-corrected chi connectivity index (χ4v) is 0. The van der Waals surface area contributed by atoms with Crippen LogP contribution in [-0.2, 0) is 39.3 Å².